The van der Waals surface area contributed by atoms with Crippen LogP contribution in [-0.2, 0) is 0 Å². The zero-order valence-electron chi connectivity index (χ0n) is 16.9. The molecule has 0 aliphatic rings. The zero-order chi connectivity index (χ0) is 21.1. The fraction of sp³-hybridized carbons (Fsp3) is 0. The van der Waals surface area contributed by atoms with Gasteiger partial charge in [-0.25, -0.2) is 0 Å². The average Bonchev–Trinajstić information content (AvgIpc) is 3.41. The number of rotatable bonds is 2. The Kier molecular flexibility index (Phi) is 3.52. The summed E-state index contributed by atoms with van der Waals surface area (Å²) in [6.45, 7) is 0. The van der Waals surface area contributed by atoms with Gasteiger partial charge in [-0.3, -0.25) is 9.97 Å². The van der Waals surface area contributed by atoms with Crippen LogP contribution < -0.4 is 0 Å². The van der Waals surface area contributed by atoms with Crippen LogP contribution >= 0.6 is 0 Å². The Bertz CT molecular complexity index is 1660. The van der Waals surface area contributed by atoms with E-state index in [4.69, 9.17) is 8.83 Å². The first-order chi connectivity index (χ1) is 15.8. The molecule has 0 saturated heterocycles. The maximum absolute atomic E-state index is 5.93. The van der Waals surface area contributed by atoms with Gasteiger partial charge >= 0.3 is 0 Å². The van der Waals surface area contributed by atoms with Crippen LogP contribution in [0, 0.1) is 0 Å². The van der Waals surface area contributed by atoms with E-state index in [2.05, 4.69) is 58.5 Å². The fourth-order valence-electron chi connectivity index (χ4n) is 4.43. The number of furan rings is 2. The summed E-state index contributed by atoms with van der Waals surface area (Å²) in [4.78, 5) is 9.02. The van der Waals surface area contributed by atoms with Crippen LogP contribution in [0.4, 0.5) is 0 Å². The van der Waals surface area contributed by atoms with Crippen molar-refractivity contribution in [2.75, 3.05) is 0 Å². The highest BCUT2D eigenvalue weighted by atomic mass is 16.3. The molecule has 3 aromatic carbocycles. The van der Waals surface area contributed by atoms with Crippen LogP contribution in [0.15, 0.2) is 106 Å². The van der Waals surface area contributed by atoms with Gasteiger partial charge in [0, 0.05) is 23.2 Å². The molecule has 0 unspecified atom stereocenters. The molecule has 0 fully saturated rings. The van der Waals surface area contributed by atoms with Gasteiger partial charge in [0.05, 0.1) is 0 Å². The zero-order valence-corrected chi connectivity index (χ0v) is 16.9. The number of nitrogens with zero attached hydrogens (tertiary/aromatic N) is 2. The number of fused-ring (bicyclic) bond motifs is 6. The van der Waals surface area contributed by atoms with Gasteiger partial charge in [0.1, 0.15) is 22.2 Å². The SMILES string of the molecule is c1cc(-c2ccc3oc4cccnc4c3c2)cc(-c2ccc3oc4cccnc4c3c2)c1. The summed E-state index contributed by atoms with van der Waals surface area (Å²) in [5, 5.41) is 2.06. The van der Waals surface area contributed by atoms with Crippen LogP contribution in [0.1, 0.15) is 0 Å². The minimum atomic E-state index is 0.808. The molecular formula is C28H16N2O2. The average molecular weight is 412 g/mol. The Labute approximate surface area is 182 Å². The number of aromatic nitrogens is 2. The fourth-order valence-corrected chi connectivity index (χ4v) is 4.43. The molecule has 0 aliphatic heterocycles. The third kappa shape index (κ3) is 2.56. The van der Waals surface area contributed by atoms with E-state index in [1.165, 1.54) is 0 Å². The highest BCUT2D eigenvalue weighted by molar-refractivity contribution is 6.05. The third-order valence-corrected chi connectivity index (χ3v) is 5.98. The molecule has 7 aromatic rings. The van der Waals surface area contributed by atoms with E-state index in [1.54, 1.807) is 12.4 Å². The van der Waals surface area contributed by atoms with Gasteiger partial charge in [0.2, 0.25) is 0 Å². The Balaban J connectivity index is 1.37. The van der Waals surface area contributed by atoms with Gasteiger partial charge in [-0.1, -0.05) is 30.3 Å². The van der Waals surface area contributed by atoms with Crippen LogP contribution in [0.5, 0.6) is 0 Å². The molecular weight excluding hydrogens is 396 g/mol. The summed E-state index contributed by atoms with van der Waals surface area (Å²) in [5.41, 5.74) is 9.65. The molecule has 4 heteroatoms. The first-order valence-electron chi connectivity index (χ1n) is 10.5. The molecule has 0 spiro atoms. The van der Waals surface area contributed by atoms with E-state index < -0.39 is 0 Å². The first kappa shape index (κ1) is 17.3. The molecule has 4 aromatic heterocycles. The van der Waals surface area contributed by atoms with Crippen molar-refractivity contribution in [1.29, 1.82) is 0 Å². The summed E-state index contributed by atoms with van der Waals surface area (Å²) in [7, 11) is 0. The Morgan fingerprint density at radius 2 is 0.938 bits per heavy atom. The van der Waals surface area contributed by atoms with E-state index in [-0.39, 0.29) is 0 Å². The summed E-state index contributed by atoms with van der Waals surface area (Å²) in [6.07, 6.45) is 3.60. The monoisotopic (exact) mass is 412 g/mol. The predicted octanol–water partition coefficient (Wildman–Crippen LogP) is 7.61. The maximum Gasteiger partial charge on any atom is 0.153 e. The normalized spacial score (nSPS) is 11.8. The molecule has 0 radical (unpaired) electrons. The molecule has 0 bridgehead atoms. The molecule has 0 atom stereocenters. The van der Waals surface area contributed by atoms with Gasteiger partial charge in [-0.05, 0) is 76.9 Å². The van der Waals surface area contributed by atoms with Crippen molar-refractivity contribution in [3.63, 3.8) is 0 Å². The number of benzene rings is 3. The van der Waals surface area contributed by atoms with Gasteiger partial charge in [-0.15, -0.1) is 0 Å². The number of hydrogen-bond donors (Lipinski definition) is 0. The van der Waals surface area contributed by atoms with E-state index in [1.807, 2.05) is 36.4 Å². The molecule has 0 saturated carbocycles. The second-order valence-corrected chi connectivity index (χ2v) is 7.91. The van der Waals surface area contributed by atoms with Gasteiger partial charge in [0.25, 0.3) is 0 Å². The lowest BCUT2D eigenvalue weighted by Crippen LogP contribution is -1.82. The van der Waals surface area contributed by atoms with Crippen molar-refractivity contribution in [3.05, 3.63) is 97.3 Å². The predicted molar refractivity (Wildman–Crippen MR) is 127 cm³/mol. The lowest BCUT2D eigenvalue weighted by molar-refractivity contribution is 0.668. The summed E-state index contributed by atoms with van der Waals surface area (Å²) < 4.78 is 11.9. The summed E-state index contributed by atoms with van der Waals surface area (Å²) in [5.74, 6) is 0. The quantitative estimate of drug-likeness (QED) is 0.293. The van der Waals surface area contributed by atoms with Crippen LogP contribution in [0.3, 0.4) is 0 Å². The smallest absolute Gasteiger partial charge is 0.153 e. The molecule has 0 N–H and O–H groups in total. The number of hydrogen-bond acceptors (Lipinski definition) is 4. The van der Waals surface area contributed by atoms with Crippen molar-refractivity contribution >= 4 is 44.1 Å². The minimum Gasteiger partial charge on any atom is -0.454 e. The highest BCUT2D eigenvalue weighted by Gasteiger charge is 2.11. The Hall–Kier alpha value is -4.44. The van der Waals surface area contributed by atoms with Crippen molar-refractivity contribution in [2.24, 2.45) is 0 Å². The third-order valence-electron chi connectivity index (χ3n) is 5.98. The van der Waals surface area contributed by atoms with Gasteiger partial charge in [-0.2, -0.15) is 0 Å². The van der Waals surface area contributed by atoms with Crippen molar-refractivity contribution in [2.45, 2.75) is 0 Å². The lowest BCUT2D eigenvalue weighted by atomic mass is 9.97. The maximum atomic E-state index is 5.93. The summed E-state index contributed by atoms with van der Waals surface area (Å²) >= 11 is 0. The molecule has 7 rings (SSSR count). The van der Waals surface area contributed by atoms with Crippen LogP contribution in [0.2, 0.25) is 0 Å². The second-order valence-electron chi connectivity index (χ2n) is 7.91. The Morgan fingerprint density at radius 3 is 1.47 bits per heavy atom. The molecule has 32 heavy (non-hydrogen) atoms. The van der Waals surface area contributed by atoms with Crippen molar-refractivity contribution in [1.82, 2.24) is 9.97 Å². The van der Waals surface area contributed by atoms with E-state index >= 15 is 0 Å². The standard InChI is InChI=1S/C28H16N2O2/c1-4-17(19-8-10-23-21(15-19)27-25(31-23)6-2-12-29-27)14-18(5-1)20-9-11-24-22(16-20)28-26(32-24)7-3-13-30-28/h1-16H. The molecule has 0 amide bonds. The Morgan fingerprint density at radius 1 is 0.438 bits per heavy atom. The molecule has 4 heterocycles. The molecule has 4 nitrogen and oxygen atoms in total. The van der Waals surface area contributed by atoms with E-state index in [0.29, 0.717) is 0 Å². The largest absolute Gasteiger partial charge is 0.454 e. The lowest BCUT2D eigenvalue weighted by Gasteiger charge is -2.07. The summed E-state index contributed by atoms with van der Waals surface area (Å²) in [6, 6.07) is 28.8. The van der Waals surface area contributed by atoms with Crippen molar-refractivity contribution in [3.8, 4) is 22.3 Å². The van der Waals surface area contributed by atoms with Gasteiger partial charge in [0.15, 0.2) is 11.2 Å². The van der Waals surface area contributed by atoms with Crippen LogP contribution in [0.25, 0.3) is 66.4 Å². The molecule has 150 valence electrons. The van der Waals surface area contributed by atoms with Crippen molar-refractivity contribution < 1.29 is 8.83 Å². The number of pyridine rings is 2. The van der Waals surface area contributed by atoms with E-state index in [0.717, 1.165) is 66.4 Å². The van der Waals surface area contributed by atoms with E-state index in [9.17, 15) is 0 Å². The minimum absolute atomic E-state index is 0.808. The first-order valence-corrected chi connectivity index (χ1v) is 10.5. The molecule has 0 aliphatic carbocycles. The highest BCUT2D eigenvalue weighted by Crippen LogP contribution is 2.34. The second kappa shape index (κ2) is 6.53. The topological polar surface area (TPSA) is 52.1 Å². The van der Waals surface area contributed by atoms with Crippen LogP contribution in [-0.4, -0.2) is 9.97 Å². The van der Waals surface area contributed by atoms with Gasteiger partial charge < -0.3 is 8.83 Å².